The molecule has 3 nitrogen and oxygen atoms in total. The summed E-state index contributed by atoms with van der Waals surface area (Å²) >= 11 is 5.76. The lowest BCUT2D eigenvalue weighted by Crippen LogP contribution is -2.20. The van der Waals surface area contributed by atoms with Crippen molar-refractivity contribution in [1.82, 2.24) is 5.32 Å². The third-order valence-corrected chi connectivity index (χ3v) is 2.34. The van der Waals surface area contributed by atoms with E-state index in [0.29, 0.717) is 0 Å². The summed E-state index contributed by atoms with van der Waals surface area (Å²) in [7, 11) is 0. The van der Waals surface area contributed by atoms with E-state index in [-0.39, 0.29) is 16.8 Å². The quantitative estimate of drug-likeness (QED) is 0.827. The molecule has 0 radical (unpaired) electrons. The highest BCUT2D eigenvalue weighted by Gasteiger charge is 2.10. The van der Waals surface area contributed by atoms with E-state index < -0.39 is 0 Å². The molecule has 0 bridgehead atoms. The fourth-order valence-corrected chi connectivity index (χ4v) is 1.42. The fourth-order valence-electron chi connectivity index (χ4n) is 1.23. The number of phenols is 1. The number of aromatic hydroxyl groups is 1. The van der Waals surface area contributed by atoms with Crippen LogP contribution < -0.4 is 5.32 Å². The molecule has 1 rings (SSSR count). The molecule has 0 heterocycles. The third kappa shape index (κ3) is 3.12. The highest BCUT2D eigenvalue weighted by molar-refractivity contribution is 6.32. The van der Waals surface area contributed by atoms with Gasteiger partial charge in [-0.3, -0.25) is 5.32 Å². The number of benzene rings is 1. The van der Waals surface area contributed by atoms with E-state index in [9.17, 15) is 5.11 Å². The molecule has 15 heavy (non-hydrogen) atoms. The maximum atomic E-state index is 9.24. The van der Waals surface area contributed by atoms with E-state index in [0.717, 1.165) is 18.5 Å². The Hall–Kier alpha value is -1.24. The molecule has 0 aliphatic rings. The van der Waals surface area contributed by atoms with Gasteiger partial charge >= 0.3 is 0 Å². The summed E-state index contributed by atoms with van der Waals surface area (Å²) in [4.78, 5) is 0. The number of hydrogen-bond donors (Lipinski definition) is 2. The topological polar surface area (TPSA) is 56.0 Å². The molecular weight excluding hydrogens is 212 g/mol. The molecule has 1 unspecified atom stereocenters. The van der Waals surface area contributed by atoms with Gasteiger partial charge in [-0.1, -0.05) is 24.6 Å². The van der Waals surface area contributed by atoms with Crippen LogP contribution in [0.25, 0.3) is 0 Å². The number of halogens is 1. The average molecular weight is 225 g/mol. The van der Waals surface area contributed by atoms with Crippen molar-refractivity contribution in [1.29, 1.82) is 5.26 Å². The minimum absolute atomic E-state index is 0.0348. The van der Waals surface area contributed by atoms with Crippen LogP contribution in [0.5, 0.6) is 5.75 Å². The Labute approximate surface area is 94.3 Å². The van der Waals surface area contributed by atoms with Gasteiger partial charge in [0, 0.05) is 0 Å². The summed E-state index contributed by atoms with van der Waals surface area (Å²) in [5, 5.41) is 21.5. The molecule has 0 saturated carbocycles. The van der Waals surface area contributed by atoms with Crippen molar-refractivity contribution >= 4 is 11.6 Å². The maximum Gasteiger partial charge on any atom is 0.134 e. The molecule has 4 heteroatoms. The molecule has 0 aliphatic carbocycles. The van der Waals surface area contributed by atoms with Gasteiger partial charge in [0.2, 0.25) is 0 Å². The van der Waals surface area contributed by atoms with Gasteiger partial charge in [-0.2, -0.15) is 5.26 Å². The van der Waals surface area contributed by atoms with Gasteiger partial charge in [-0.15, -0.1) is 0 Å². The molecule has 0 aliphatic heterocycles. The third-order valence-electron chi connectivity index (χ3n) is 2.03. The minimum atomic E-state index is -0.372. The van der Waals surface area contributed by atoms with Crippen molar-refractivity contribution < 1.29 is 5.11 Å². The largest absolute Gasteiger partial charge is 0.506 e. The average Bonchev–Trinajstić information content (AvgIpc) is 2.24. The SMILES string of the molecule is CCCNC(C#N)c1ccc(O)c(Cl)c1. The molecule has 80 valence electrons. The zero-order valence-corrected chi connectivity index (χ0v) is 9.25. The van der Waals surface area contributed by atoms with Crippen molar-refractivity contribution in [3.8, 4) is 11.8 Å². The van der Waals surface area contributed by atoms with Gasteiger partial charge in [-0.05, 0) is 30.7 Å². The Balaban J connectivity index is 2.84. The molecule has 0 aromatic heterocycles. The molecule has 0 amide bonds. The van der Waals surface area contributed by atoms with E-state index in [1.807, 2.05) is 6.92 Å². The second kappa shape index (κ2) is 5.59. The Kier molecular flexibility index (Phi) is 4.41. The number of nitriles is 1. The second-order valence-corrected chi connectivity index (χ2v) is 3.63. The monoisotopic (exact) mass is 224 g/mol. The minimum Gasteiger partial charge on any atom is -0.506 e. The first kappa shape index (κ1) is 11.8. The molecular formula is C11H13ClN2O. The lowest BCUT2D eigenvalue weighted by molar-refractivity contribution is 0.475. The highest BCUT2D eigenvalue weighted by Crippen LogP contribution is 2.26. The van der Waals surface area contributed by atoms with Crippen LogP contribution in [0.3, 0.4) is 0 Å². The second-order valence-electron chi connectivity index (χ2n) is 3.23. The summed E-state index contributed by atoms with van der Waals surface area (Å²) in [6.07, 6.45) is 0.962. The van der Waals surface area contributed by atoms with Gasteiger partial charge in [0.25, 0.3) is 0 Å². The number of hydrogen-bond acceptors (Lipinski definition) is 3. The molecule has 1 aromatic rings. The normalized spacial score (nSPS) is 12.1. The number of nitrogens with zero attached hydrogens (tertiary/aromatic N) is 1. The molecule has 1 aromatic carbocycles. The smallest absolute Gasteiger partial charge is 0.134 e. The van der Waals surface area contributed by atoms with Gasteiger partial charge in [0.1, 0.15) is 11.8 Å². The zero-order chi connectivity index (χ0) is 11.3. The van der Waals surface area contributed by atoms with Gasteiger partial charge in [-0.25, -0.2) is 0 Å². The Morgan fingerprint density at radius 2 is 2.33 bits per heavy atom. The summed E-state index contributed by atoms with van der Waals surface area (Å²) in [5.74, 6) is 0.0348. The first-order valence-electron chi connectivity index (χ1n) is 4.80. The summed E-state index contributed by atoms with van der Waals surface area (Å²) < 4.78 is 0. The number of phenolic OH excluding ortho intramolecular Hbond substituents is 1. The van der Waals surface area contributed by atoms with E-state index >= 15 is 0 Å². The van der Waals surface area contributed by atoms with Crippen molar-refractivity contribution in [3.63, 3.8) is 0 Å². The maximum absolute atomic E-state index is 9.24. The van der Waals surface area contributed by atoms with E-state index in [1.54, 1.807) is 12.1 Å². The van der Waals surface area contributed by atoms with Crippen LogP contribution in [0.15, 0.2) is 18.2 Å². The van der Waals surface area contributed by atoms with Crippen LogP contribution >= 0.6 is 11.6 Å². The Morgan fingerprint density at radius 3 is 2.87 bits per heavy atom. The van der Waals surface area contributed by atoms with E-state index in [1.165, 1.54) is 6.07 Å². The fraction of sp³-hybridized carbons (Fsp3) is 0.364. The number of rotatable bonds is 4. The van der Waals surface area contributed by atoms with Crippen LogP contribution in [-0.4, -0.2) is 11.7 Å². The van der Waals surface area contributed by atoms with E-state index in [2.05, 4.69) is 11.4 Å². The Morgan fingerprint density at radius 1 is 1.60 bits per heavy atom. The highest BCUT2D eigenvalue weighted by atomic mass is 35.5. The van der Waals surface area contributed by atoms with Crippen molar-refractivity contribution in [2.24, 2.45) is 0 Å². The van der Waals surface area contributed by atoms with Crippen LogP contribution in [-0.2, 0) is 0 Å². The summed E-state index contributed by atoms with van der Waals surface area (Å²) in [6.45, 7) is 2.81. The van der Waals surface area contributed by atoms with Crippen LogP contribution in [0.1, 0.15) is 24.9 Å². The van der Waals surface area contributed by atoms with E-state index in [4.69, 9.17) is 16.9 Å². The Bertz CT molecular complexity index is 373. The van der Waals surface area contributed by atoms with Crippen molar-refractivity contribution in [2.45, 2.75) is 19.4 Å². The molecule has 0 fully saturated rings. The lowest BCUT2D eigenvalue weighted by Gasteiger charge is -2.11. The van der Waals surface area contributed by atoms with Crippen LogP contribution in [0, 0.1) is 11.3 Å². The van der Waals surface area contributed by atoms with Gasteiger partial charge < -0.3 is 5.11 Å². The number of nitrogens with one attached hydrogen (secondary N) is 1. The van der Waals surface area contributed by atoms with Crippen molar-refractivity contribution in [2.75, 3.05) is 6.54 Å². The molecule has 0 spiro atoms. The predicted molar refractivity (Wildman–Crippen MR) is 59.8 cm³/mol. The molecule has 1 atom stereocenters. The zero-order valence-electron chi connectivity index (χ0n) is 8.50. The summed E-state index contributed by atoms with van der Waals surface area (Å²) in [5.41, 5.74) is 0.772. The predicted octanol–water partition coefficient (Wildman–Crippen LogP) is 2.61. The molecule has 2 N–H and O–H groups in total. The van der Waals surface area contributed by atoms with Crippen LogP contribution in [0.4, 0.5) is 0 Å². The lowest BCUT2D eigenvalue weighted by atomic mass is 10.1. The van der Waals surface area contributed by atoms with Crippen LogP contribution in [0.2, 0.25) is 5.02 Å². The summed E-state index contributed by atoms with van der Waals surface area (Å²) in [6, 6.07) is 6.57. The van der Waals surface area contributed by atoms with Crippen molar-refractivity contribution in [3.05, 3.63) is 28.8 Å². The standard InChI is InChI=1S/C11H13ClN2O/c1-2-5-14-10(7-13)8-3-4-11(15)9(12)6-8/h3-4,6,10,14-15H,2,5H2,1H3. The van der Waals surface area contributed by atoms with Gasteiger partial charge in [0.05, 0.1) is 11.1 Å². The van der Waals surface area contributed by atoms with Gasteiger partial charge in [0.15, 0.2) is 0 Å². The molecule has 0 saturated heterocycles. The first-order valence-corrected chi connectivity index (χ1v) is 5.18. The first-order chi connectivity index (χ1) is 7.19.